The van der Waals surface area contributed by atoms with Crippen LogP contribution in [0.25, 0.3) is 0 Å². The first-order valence-electron chi connectivity index (χ1n) is 4.04. The Morgan fingerprint density at radius 2 is 1.93 bits per heavy atom. The fourth-order valence-corrected chi connectivity index (χ4v) is 0.735. The summed E-state index contributed by atoms with van der Waals surface area (Å²) in [6.07, 6.45) is -6.24. The molecule has 0 rings (SSSR count). The fourth-order valence-electron chi connectivity index (χ4n) is 0.735. The van der Waals surface area contributed by atoms with Gasteiger partial charge in [-0.05, 0) is 6.42 Å². The molecular formula is C7H11F3N2O3. The van der Waals surface area contributed by atoms with E-state index < -0.39 is 30.5 Å². The van der Waals surface area contributed by atoms with Crippen LogP contribution in [0.1, 0.15) is 12.8 Å². The van der Waals surface area contributed by atoms with Crippen molar-refractivity contribution in [3.8, 4) is 0 Å². The molecule has 0 aromatic heterocycles. The molecule has 0 fully saturated rings. The highest BCUT2D eigenvalue weighted by molar-refractivity contribution is 5.77. The van der Waals surface area contributed by atoms with Gasteiger partial charge < -0.3 is 16.2 Å². The van der Waals surface area contributed by atoms with E-state index in [4.69, 9.17) is 10.8 Å². The van der Waals surface area contributed by atoms with Gasteiger partial charge in [0.05, 0.1) is 0 Å². The average Bonchev–Trinajstić information content (AvgIpc) is 2.00. The standard InChI is InChI=1S/C7H11F3N2O3/c8-7(9,10)3-5(13)12-2-1-4(11)6(14)15/h4H,1-3,11H2,(H,12,13)(H,14,15). The molecule has 1 unspecified atom stereocenters. The SMILES string of the molecule is NC(CCNC(=O)CC(F)(F)F)C(=O)O. The Labute approximate surface area is 83.4 Å². The summed E-state index contributed by atoms with van der Waals surface area (Å²) in [5, 5.41) is 10.2. The van der Waals surface area contributed by atoms with Gasteiger partial charge in [0, 0.05) is 6.54 Å². The Kier molecular flexibility index (Phi) is 5.06. The second-order valence-electron chi connectivity index (χ2n) is 2.88. The van der Waals surface area contributed by atoms with E-state index in [1.807, 2.05) is 5.32 Å². The van der Waals surface area contributed by atoms with E-state index in [-0.39, 0.29) is 13.0 Å². The highest BCUT2D eigenvalue weighted by atomic mass is 19.4. The minimum absolute atomic E-state index is 0.112. The molecule has 0 bridgehead atoms. The lowest BCUT2D eigenvalue weighted by atomic mass is 10.2. The monoisotopic (exact) mass is 228 g/mol. The van der Waals surface area contributed by atoms with Crippen LogP contribution in [0, 0.1) is 0 Å². The molecule has 0 aromatic carbocycles. The molecule has 0 radical (unpaired) electrons. The maximum Gasteiger partial charge on any atom is 0.397 e. The number of aliphatic carboxylic acids is 1. The summed E-state index contributed by atoms with van der Waals surface area (Å²) >= 11 is 0. The number of nitrogens with two attached hydrogens (primary N) is 1. The van der Waals surface area contributed by atoms with Crippen molar-refractivity contribution in [3.05, 3.63) is 0 Å². The number of halogens is 3. The third kappa shape index (κ3) is 7.74. The number of hydrogen-bond donors (Lipinski definition) is 3. The van der Waals surface area contributed by atoms with E-state index >= 15 is 0 Å². The Balaban J connectivity index is 3.69. The van der Waals surface area contributed by atoms with Crippen LogP contribution in [-0.2, 0) is 9.59 Å². The zero-order valence-electron chi connectivity index (χ0n) is 7.67. The van der Waals surface area contributed by atoms with Gasteiger partial charge in [0.15, 0.2) is 0 Å². The molecule has 4 N–H and O–H groups in total. The van der Waals surface area contributed by atoms with Gasteiger partial charge in [0.1, 0.15) is 12.5 Å². The van der Waals surface area contributed by atoms with Crippen molar-refractivity contribution in [2.75, 3.05) is 6.54 Å². The molecule has 0 heterocycles. The molecular weight excluding hydrogens is 217 g/mol. The average molecular weight is 228 g/mol. The first kappa shape index (κ1) is 13.7. The van der Waals surface area contributed by atoms with Crippen LogP contribution >= 0.6 is 0 Å². The first-order chi connectivity index (χ1) is 6.72. The number of alkyl halides is 3. The highest BCUT2D eigenvalue weighted by Crippen LogP contribution is 2.18. The summed E-state index contributed by atoms with van der Waals surface area (Å²) in [5.74, 6) is -2.46. The van der Waals surface area contributed by atoms with E-state index in [0.29, 0.717) is 0 Å². The lowest BCUT2D eigenvalue weighted by molar-refractivity contribution is -0.154. The second kappa shape index (κ2) is 5.54. The van der Waals surface area contributed by atoms with Crippen LogP contribution in [0.4, 0.5) is 13.2 Å². The van der Waals surface area contributed by atoms with Gasteiger partial charge in [-0.2, -0.15) is 13.2 Å². The summed E-state index contributed by atoms with van der Waals surface area (Å²) in [6, 6.07) is -1.18. The van der Waals surface area contributed by atoms with E-state index in [2.05, 4.69) is 0 Å². The predicted molar refractivity (Wildman–Crippen MR) is 43.9 cm³/mol. The number of carbonyl (C=O) groups excluding carboxylic acids is 1. The molecule has 0 saturated carbocycles. The van der Waals surface area contributed by atoms with Crippen molar-refractivity contribution in [2.24, 2.45) is 5.73 Å². The van der Waals surface area contributed by atoms with Crippen molar-refractivity contribution < 1.29 is 27.9 Å². The van der Waals surface area contributed by atoms with E-state index in [1.54, 1.807) is 0 Å². The number of nitrogens with one attached hydrogen (secondary N) is 1. The highest BCUT2D eigenvalue weighted by Gasteiger charge is 2.30. The third-order valence-electron chi connectivity index (χ3n) is 1.46. The Bertz CT molecular complexity index is 242. The quantitative estimate of drug-likeness (QED) is 0.610. The van der Waals surface area contributed by atoms with Crippen molar-refractivity contribution in [2.45, 2.75) is 25.1 Å². The number of carboxylic acid groups (broad SMARTS) is 1. The van der Waals surface area contributed by atoms with Gasteiger partial charge >= 0.3 is 12.1 Å². The topological polar surface area (TPSA) is 92.4 Å². The van der Waals surface area contributed by atoms with E-state index in [1.165, 1.54) is 0 Å². The van der Waals surface area contributed by atoms with Crippen LogP contribution in [0.15, 0.2) is 0 Å². The smallest absolute Gasteiger partial charge is 0.397 e. The lowest BCUT2D eigenvalue weighted by Gasteiger charge is -2.09. The third-order valence-corrected chi connectivity index (χ3v) is 1.46. The molecule has 0 aromatic rings. The van der Waals surface area contributed by atoms with Crippen LogP contribution in [0.2, 0.25) is 0 Å². The molecule has 1 atom stereocenters. The summed E-state index contributed by atoms with van der Waals surface area (Å²) in [4.78, 5) is 20.8. The molecule has 88 valence electrons. The van der Waals surface area contributed by atoms with E-state index in [9.17, 15) is 22.8 Å². The minimum Gasteiger partial charge on any atom is -0.480 e. The normalized spacial score (nSPS) is 13.3. The summed E-state index contributed by atoms with van der Waals surface area (Å²) in [7, 11) is 0. The maximum absolute atomic E-state index is 11.6. The molecule has 8 heteroatoms. The van der Waals surface area contributed by atoms with Gasteiger partial charge in [-0.1, -0.05) is 0 Å². The maximum atomic E-state index is 11.6. The summed E-state index contributed by atoms with van der Waals surface area (Å²) < 4.78 is 34.9. The zero-order valence-corrected chi connectivity index (χ0v) is 7.67. The minimum atomic E-state index is -4.56. The number of rotatable bonds is 5. The van der Waals surface area contributed by atoms with E-state index in [0.717, 1.165) is 0 Å². The molecule has 0 aliphatic rings. The van der Waals surface area contributed by atoms with Crippen molar-refractivity contribution >= 4 is 11.9 Å². The van der Waals surface area contributed by atoms with Crippen LogP contribution in [-0.4, -0.2) is 35.7 Å². The number of carboxylic acids is 1. The number of amides is 1. The summed E-state index contributed by atoms with van der Waals surface area (Å²) in [6.45, 7) is -0.192. The van der Waals surface area contributed by atoms with Crippen molar-refractivity contribution in [1.82, 2.24) is 5.32 Å². The first-order valence-corrected chi connectivity index (χ1v) is 4.04. The largest absolute Gasteiger partial charge is 0.480 e. The fraction of sp³-hybridized carbons (Fsp3) is 0.714. The van der Waals surface area contributed by atoms with Crippen molar-refractivity contribution in [3.63, 3.8) is 0 Å². The number of carbonyl (C=O) groups is 2. The molecule has 15 heavy (non-hydrogen) atoms. The van der Waals surface area contributed by atoms with Crippen molar-refractivity contribution in [1.29, 1.82) is 0 Å². The van der Waals surface area contributed by atoms with Crippen LogP contribution in [0.3, 0.4) is 0 Å². The second-order valence-corrected chi connectivity index (χ2v) is 2.88. The van der Waals surface area contributed by atoms with Gasteiger partial charge in [0.25, 0.3) is 0 Å². The van der Waals surface area contributed by atoms with Gasteiger partial charge in [-0.15, -0.1) is 0 Å². The van der Waals surface area contributed by atoms with Gasteiger partial charge in [-0.3, -0.25) is 9.59 Å². The Hall–Kier alpha value is -1.31. The molecule has 1 amide bonds. The molecule has 0 aliphatic heterocycles. The molecule has 0 aliphatic carbocycles. The van der Waals surface area contributed by atoms with Gasteiger partial charge in [0.2, 0.25) is 5.91 Å². The lowest BCUT2D eigenvalue weighted by Crippen LogP contribution is -2.36. The number of hydrogen-bond acceptors (Lipinski definition) is 3. The molecule has 0 saturated heterocycles. The predicted octanol–water partition coefficient (Wildman–Crippen LogP) is -0.143. The Morgan fingerprint density at radius 1 is 1.40 bits per heavy atom. The Morgan fingerprint density at radius 3 is 2.33 bits per heavy atom. The van der Waals surface area contributed by atoms with Crippen LogP contribution in [0.5, 0.6) is 0 Å². The summed E-state index contributed by atoms with van der Waals surface area (Å²) in [5.41, 5.74) is 5.06. The molecule has 0 spiro atoms. The van der Waals surface area contributed by atoms with Gasteiger partial charge in [-0.25, -0.2) is 0 Å². The van der Waals surface area contributed by atoms with Crippen LogP contribution < -0.4 is 11.1 Å². The zero-order chi connectivity index (χ0) is 12.1. The molecule has 5 nitrogen and oxygen atoms in total.